The average molecular weight is 202 g/mol. The van der Waals surface area contributed by atoms with Crippen LogP contribution in [0.2, 0.25) is 0 Å². The van der Waals surface area contributed by atoms with Crippen LogP contribution in [-0.4, -0.2) is 31.1 Å². The maximum Gasteiger partial charge on any atom is 0.366 e. The van der Waals surface area contributed by atoms with Crippen molar-refractivity contribution in [2.24, 2.45) is 0 Å². The van der Waals surface area contributed by atoms with Crippen molar-refractivity contribution < 1.29 is 19.0 Å². The first-order chi connectivity index (χ1) is 6.54. The van der Waals surface area contributed by atoms with Gasteiger partial charge in [0.1, 0.15) is 0 Å². The van der Waals surface area contributed by atoms with E-state index >= 15 is 0 Å². The normalized spacial score (nSPS) is 38.0. The van der Waals surface area contributed by atoms with Crippen molar-refractivity contribution in [2.75, 3.05) is 7.11 Å². The summed E-state index contributed by atoms with van der Waals surface area (Å²) in [5, 5.41) is 0. The van der Waals surface area contributed by atoms with Gasteiger partial charge in [0, 0.05) is 6.42 Å². The van der Waals surface area contributed by atoms with Gasteiger partial charge in [-0.05, 0) is 20.3 Å². The Kier molecular flexibility index (Phi) is 3.50. The van der Waals surface area contributed by atoms with Gasteiger partial charge in [-0.1, -0.05) is 6.92 Å². The molecule has 0 amide bonds. The first-order valence-electron chi connectivity index (χ1n) is 4.98. The van der Waals surface area contributed by atoms with Crippen LogP contribution in [0.3, 0.4) is 0 Å². The highest BCUT2D eigenvalue weighted by molar-refractivity contribution is 5.77. The summed E-state index contributed by atoms with van der Waals surface area (Å²) < 4.78 is 15.8. The van der Waals surface area contributed by atoms with Crippen LogP contribution in [0, 0.1) is 0 Å². The van der Waals surface area contributed by atoms with Crippen LogP contribution in [0.5, 0.6) is 0 Å². The van der Waals surface area contributed by atoms with Gasteiger partial charge in [-0.25, -0.2) is 4.79 Å². The van der Waals surface area contributed by atoms with Crippen LogP contribution in [0.25, 0.3) is 0 Å². The number of ether oxygens (including phenoxy) is 3. The smallest absolute Gasteiger partial charge is 0.366 e. The molecule has 1 aliphatic heterocycles. The first-order valence-corrected chi connectivity index (χ1v) is 4.98. The molecule has 0 saturated carbocycles. The minimum atomic E-state index is -1.19. The fourth-order valence-corrected chi connectivity index (χ4v) is 1.80. The van der Waals surface area contributed by atoms with E-state index in [1.807, 2.05) is 20.8 Å². The molecule has 0 aliphatic carbocycles. The van der Waals surface area contributed by atoms with Crippen LogP contribution < -0.4 is 0 Å². The van der Waals surface area contributed by atoms with E-state index in [1.165, 1.54) is 7.11 Å². The minimum absolute atomic E-state index is 0.0257. The monoisotopic (exact) mass is 202 g/mol. The summed E-state index contributed by atoms with van der Waals surface area (Å²) in [6.07, 6.45) is 1.32. The highest BCUT2D eigenvalue weighted by atomic mass is 16.7. The third-order valence-corrected chi connectivity index (χ3v) is 2.41. The second kappa shape index (κ2) is 4.28. The zero-order valence-corrected chi connectivity index (χ0v) is 9.20. The third kappa shape index (κ3) is 2.07. The summed E-state index contributed by atoms with van der Waals surface area (Å²) in [5.74, 6) is -1.63. The van der Waals surface area contributed by atoms with Gasteiger partial charge in [-0.3, -0.25) is 0 Å². The van der Waals surface area contributed by atoms with E-state index in [9.17, 15) is 4.79 Å². The second-order valence-corrected chi connectivity index (χ2v) is 3.69. The number of hydrogen-bond donors (Lipinski definition) is 0. The van der Waals surface area contributed by atoms with Crippen LogP contribution >= 0.6 is 0 Å². The van der Waals surface area contributed by atoms with E-state index in [-0.39, 0.29) is 12.2 Å². The summed E-state index contributed by atoms with van der Waals surface area (Å²) in [6.45, 7) is 5.72. The molecule has 14 heavy (non-hydrogen) atoms. The fourth-order valence-electron chi connectivity index (χ4n) is 1.80. The molecule has 1 aliphatic rings. The Morgan fingerprint density at radius 3 is 2.29 bits per heavy atom. The number of esters is 1. The molecule has 2 unspecified atom stereocenters. The molecule has 2 atom stereocenters. The van der Waals surface area contributed by atoms with Gasteiger partial charge in [0.15, 0.2) is 0 Å². The van der Waals surface area contributed by atoms with Gasteiger partial charge in [0.2, 0.25) is 0 Å². The standard InChI is InChI=1S/C10H18O4/c1-5-10(9(11)12-4)13-7(2)6-8(3)14-10/h7-8H,5-6H2,1-4H3. The SMILES string of the molecule is CCC1(C(=O)OC)OC(C)CC(C)O1. The quantitative estimate of drug-likeness (QED) is 0.636. The van der Waals surface area contributed by atoms with Crippen molar-refractivity contribution in [1.29, 1.82) is 0 Å². The Morgan fingerprint density at radius 1 is 1.43 bits per heavy atom. The number of hydrogen-bond acceptors (Lipinski definition) is 4. The molecule has 82 valence electrons. The number of methoxy groups -OCH3 is 1. The molecular weight excluding hydrogens is 184 g/mol. The summed E-state index contributed by atoms with van der Waals surface area (Å²) in [4.78, 5) is 11.5. The van der Waals surface area contributed by atoms with Gasteiger partial charge in [-0.2, -0.15) is 0 Å². The van der Waals surface area contributed by atoms with Gasteiger partial charge in [0.05, 0.1) is 19.3 Å². The van der Waals surface area contributed by atoms with E-state index < -0.39 is 11.8 Å². The van der Waals surface area contributed by atoms with Crippen molar-refractivity contribution in [2.45, 2.75) is 51.6 Å². The Hall–Kier alpha value is -0.610. The lowest BCUT2D eigenvalue weighted by Crippen LogP contribution is -2.52. The fraction of sp³-hybridized carbons (Fsp3) is 0.900. The lowest BCUT2D eigenvalue weighted by atomic mass is 10.1. The van der Waals surface area contributed by atoms with E-state index in [1.54, 1.807) is 0 Å². The molecule has 0 aromatic rings. The average Bonchev–Trinajstić information content (AvgIpc) is 2.14. The van der Waals surface area contributed by atoms with Gasteiger partial charge >= 0.3 is 5.97 Å². The number of carbonyl (C=O) groups is 1. The Bertz CT molecular complexity index is 204. The largest absolute Gasteiger partial charge is 0.465 e. The molecule has 0 N–H and O–H groups in total. The molecule has 4 heteroatoms. The van der Waals surface area contributed by atoms with Gasteiger partial charge in [-0.15, -0.1) is 0 Å². The van der Waals surface area contributed by atoms with Crippen molar-refractivity contribution in [3.05, 3.63) is 0 Å². The van der Waals surface area contributed by atoms with Crippen LogP contribution in [0.4, 0.5) is 0 Å². The molecule has 0 aromatic heterocycles. The van der Waals surface area contributed by atoms with Crippen LogP contribution in [-0.2, 0) is 19.0 Å². The van der Waals surface area contributed by atoms with E-state index in [4.69, 9.17) is 14.2 Å². The number of rotatable bonds is 2. The predicted molar refractivity (Wildman–Crippen MR) is 50.7 cm³/mol. The third-order valence-electron chi connectivity index (χ3n) is 2.41. The number of carbonyl (C=O) groups excluding carboxylic acids is 1. The summed E-state index contributed by atoms with van der Waals surface area (Å²) >= 11 is 0. The zero-order valence-electron chi connectivity index (χ0n) is 9.20. The maximum absolute atomic E-state index is 11.5. The molecule has 0 spiro atoms. The molecule has 4 nitrogen and oxygen atoms in total. The van der Waals surface area contributed by atoms with Crippen LogP contribution in [0.1, 0.15) is 33.6 Å². The van der Waals surface area contributed by atoms with Crippen LogP contribution in [0.15, 0.2) is 0 Å². The van der Waals surface area contributed by atoms with Crippen molar-refractivity contribution >= 4 is 5.97 Å². The van der Waals surface area contributed by atoms with Crippen molar-refractivity contribution in [3.8, 4) is 0 Å². The van der Waals surface area contributed by atoms with E-state index in [2.05, 4.69) is 0 Å². The Morgan fingerprint density at radius 2 is 1.93 bits per heavy atom. The maximum atomic E-state index is 11.5. The van der Waals surface area contributed by atoms with Gasteiger partial charge < -0.3 is 14.2 Å². The van der Waals surface area contributed by atoms with E-state index in [0.717, 1.165) is 6.42 Å². The Labute approximate surface area is 84.5 Å². The molecular formula is C10H18O4. The van der Waals surface area contributed by atoms with Crippen molar-refractivity contribution in [3.63, 3.8) is 0 Å². The summed E-state index contributed by atoms with van der Waals surface area (Å²) in [6, 6.07) is 0. The lowest BCUT2D eigenvalue weighted by Gasteiger charge is -2.40. The molecule has 1 saturated heterocycles. The minimum Gasteiger partial charge on any atom is -0.465 e. The second-order valence-electron chi connectivity index (χ2n) is 3.69. The summed E-state index contributed by atoms with van der Waals surface area (Å²) in [7, 11) is 1.34. The first kappa shape index (κ1) is 11.5. The van der Waals surface area contributed by atoms with E-state index in [0.29, 0.717) is 6.42 Å². The van der Waals surface area contributed by atoms with Crippen molar-refractivity contribution in [1.82, 2.24) is 0 Å². The summed E-state index contributed by atoms with van der Waals surface area (Å²) in [5.41, 5.74) is 0. The molecule has 1 heterocycles. The molecule has 0 bridgehead atoms. The molecule has 0 radical (unpaired) electrons. The Balaban J connectivity index is 2.81. The lowest BCUT2D eigenvalue weighted by molar-refractivity contribution is -0.305. The zero-order chi connectivity index (χ0) is 10.8. The van der Waals surface area contributed by atoms with Gasteiger partial charge in [0.25, 0.3) is 5.79 Å². The molecule has 1 fully saturated rings. The topological polar surface area (TPSA) is 44.8 Å². The highest BCUT2D eigenvalue weighted by Crippen LogP contribution is 2.30. The highest BCUT2D eigenvalue weighted by Gasteiger charge is 2.46. The molecule has 0 aromatic carbocycles. The predicted octanol–water partition coefficient (Wildman–Crippen LogP) is 1.48. The molecule has 1 rings (SSSR count).